The highest BCUT2D eigenvalue weighted by atomic mass is 79.9. The molecule has 6 aromatic rings. The third kappa shape index (κ3) is 5.93. The fraction of sp³-hybridized carbons (Fsp3) is 0.100. The largest absolute Gasteiger partial charge is 0.390 e. The highest BCUT2D eigenvalue weighted by molar-refractivity contribution is 9.11. The van der Waals surface area contributed by atoms with E-state index in [0.717, 1.165) is 56.5 Å². The number of halogens is 4. The van der Waals surface area contributed by atoms with Crippen molar-refractivity contribution in [1.29, 1.82) is 0 Å². The normalized spacial score (nSPS) is 12.3. The van der Waals surface area contributed by atoms with Crippen LogP contribution in [0.2, 0.25) is 0 Å². The molecule has 0 spiro atoms. The van der Waals surface area contributed by atoms with Gasteiger partial charge in [0, 0.05) is 56.6 Å². The van der Waals surface area contributed by atoms with Crippen LogP contribution in [0, 0.1) is 0 Å². The van der Waals surface area contributed by atoms with Crippen LogP contribution in [0.5, 0.6) is 0 Å². The minimum absolute atomic E-state index is 0.421. The summed E-state index contributed by atoms with van der Waals surface area (Å²) < 4.78 is 6.13. The summed E-state index contributed by atoms with van der Waals surface area (Å²) in [6.45, 7) is 0.443. The van der Waals surface area contributed by atoms with Crippen molar-refractivity contribution in [3.05, 3.63) is 103 Å². The number of fused-ring (bicyclic) bond motifs is 3. The van der Waals surface area contributed by atoms with Gasteiger partial charge in [-0.1, -0.05) is 99.7 Å². The van der Waals surface area contributed by atoms with Gasteiger partial charge in [0.1, 0.15) is 11.4 Å². The Morgan fingerprint density at radius 3 is 1.80 bits per heavy atom. The molecule has 6 rings (SSSR count). The molecule has 0 amide bonds. The minimum Gasteiger partial charge on any atom is -0.390 e. The molecule has 5 nitrogen and oxygen atoms in total. The van der Waals surface area contributed by atoms with Crippen LogP contribution in [-0.2, 0) is 6.54 Å². The van der Waals surface area contributed by atoms with Crippen LogP contribution in [0.3, 0.4) is 0 Å². The van der Waals surface area contributed by atoms with E-state index in [1.807, 2.05) is 60.7 Å². The van der Waals surface area contributed by atoms with E-state index in [-0.39, 0.29) is 0 Å². The zero-order chi connectivity index (χ0) is 27.8. The molecule has 0 saturated carbocycles. The maximum absolute atomic E-state index is 11.1. The van der Waals surface area contributed by atoms with Crippen molar-refractivity contribution in [2.45, 2.75) is 17.8 Å². The molecule has 0 bridgehead atoms. The predicted molar refractivity (Wildman–Crippen MR) is 178 cm³/mol. The Morgan fingerprint density at radius 1 is 0.675 bits per heavy atom. The number of hydrogen-bond acceptors (Lipinski definition) is 5. The molecule has 0 fully saturated rings. The Bertz CT molecular complexity index is 1820. The molecule has 0 aliphatic carbocycles. The predicted octanol–water partition coefficient (Wildman–Crippen LogP) is 9.52. The van der Waals surface area contributed by atoms with Crippen molar-refractivity contribution in [2.75, 3.05) is 5.75 Å². The summed E-state index contributed by atoms with van der Waals surface area (Å²) in [5, 5.41) is 23.0. The Morgan fingerprint density at radius 2 is 1.23 bits per heavy atom. The second-order valence-corrected chi connectivity index (χ2v) is 13.9. The average molecular weight is 804 g/mol. The van der Waals surface area contributed by atoms with Gasteiger partial charge in [0.25, 0.3) is 0 Å². The van der Waals surface area contributed by atoms with E-state index in [1.165, 1.54) is 11.8 Å². The lowest BCUT2D eigenvalue weighted by Crippen LogP contribution is -2.18. The van der Waals surface area contributed by atoms with E-state index >= 15 is 0 Å². The molecule has 1 unspecified atom stereocenters. The summed E-state index contributed by atoms with van der Waals surface area (Å²) in [4.78, 5) is 4.90. The second-order valence-electron chi connectivity index (χ2n) is 9.21. The molecular formula is C30H20Br4N4OS. The standard InChI is InChI=1S/C30H20Br4N4OS/c31-19-5-1-3-17(11-19)28-29(18-4-2-6-20(32)12-18)36-37-30(35-28)40-16-23(39)15-38-26-9-7-21(33)13-24(26)25-14-22(34)8-10-27(25)38/h1-14,23,39H,15-16H2. The first-order chi connectivity index (χ1) is 19.4. The summed E-state index contributed by atoms with van der Waals surface area (Å²) in [6, 6.07) is 28.4. The molecule has 2 aromatic heterocycles. The van der Waals surface area contributed by atoms with Gasteiger partial charge in [0.15, 0.2) is 0 Å². The molecule has 200 valence electrons. The van der Waals surface area contributed by atoms with Gasteiger partial charge in [0.05, 0.1) is 12.6 Å². The quantitative estimate of drug-likeness (QED) is 0.163. The lowest BCUT2D eigenvalue weighted by atomic mass is 10.0. The molecule has 0 radical (unpaired) electrons. The first-order valence-electron chi connectivity index (χ1n) is 12.3. The number of rotatable bonds is 7. The Balaban J connectivity index is 1.29. The fourth-order valence-corrected chi connectivity index (χ4v) is 6.94. The van der Waals surface area contributed by atoms with Crippen molar-refractivity contribution in [2.24, 2.45) is 0 Å². The maximum atomic E-state index is 11.1. The maximum Gasteiger partial charge on any atom is 0.209 e. The van der Waals surface area contributed by atoms with E-state index in [2.05, 4.69) is 103 Å². The smallest absolute Gasteiger partial charge is 0.209 e. The summed E-state index contributed by atoms with van der Waals surface area (Å²) in [6.07, 6.45) is -0.626. The fourth-order valence-electron chi connectivity index (χ4n) is 4.72. The number of aliphatic hydroxyl groups is 1. The number of thioether (sulfide) groups is 1. The van der Waals surface area contributed by atoms with Crippen LogP contribution >= 0.6 is 75.5 Å². The summed E-state index contributed by atoms with van der Waals surface area (Å²) >= 11 is 15.7. The van der Waals surface area contributed by atoms with E-state index < -0.39 is 6.10 Å². The topological polar surface area (TPSA) is 63.8 Å². The summed E-state index contributed by atoms with van der Waals surface area (Å²) in [7, 11) is 0. The first kappa shape index (κ1) is 28.1. The van der Waals surface area contributed by atoms with Gasteiger partial charge < -0.3 is 9.67 Å². The molecule has 0 saturated heterocycles. The van der Waals surface area contributed by atoms with Crippen molar-refractivity contribution in [3.8, 4) is 22.5 Å². The van der Waals surface area contributed by atoms with Crippen molar-refractivity contribution < 1.29 is 5.11 Å². The van der Waals surface area contributed by atoms with Gasteiger partial charge in [0.2, 0.25) is 5.16 Å². The molecule has 0 aliphatic heterocycles. The zero-order valence-corrected chi connectivity index (χ0v) is 27.9. The zero-order valence-electron chi connectivity index (χ0n) is 20.7. The third-order valence-corrected chi connectivity index (χ3v) is 9.41. The van der Waals surface area contributed by atoms with Crippen LogP contribution in [0.15, 0.2) is 108 Å². The molecule has 4 aromatic carbocycles. The summed E-state index contributed by atoms with van der Waals surface area (Å²) in [5.74, 6) is 0.421. The van der Waals surface area contributed by atoms with Crippen molar-refractivity contribution in [3.63, 3.8) is 0 Å². The van der Waals surface area contributed by atoms with Crippen molar-refractivity contribution in [1.82, 2.24) is 19.7 Å². The van der Waals surface area contributed by atoms with Crippen LogP contribution in [-0.4, -0.2) is 36.7 Å². The number of hydrogen-bond donors (Lipinski definition) is 1. The van der Waals surface area contributed by atoms with Crippen LogP contribution in [0.4, 0.5) is 0 Å². The molecule has 1 N–H and O–H groups in total. The first-order valence-corrected chi connectivity index (χ1v) is 16.5. The molecule has 1 atom stereocenters. The SMILES string of the molecule is OC(CSc1nnc(-c2cccc(Br)c2)c(-c2cccc(Br)c2)n1)Cn1c2ccc(Br)cc2c2cc(Br)ccc21. The molecule has 0 aliphatic rings. The van der Waals surface area contributed by atoms with Gasteiger partial charge in [-0.3, -0.25) is 0 Å². The van der Waals surface area contributed by atoms with E-state index in [1.54, 1.807) is 0 Å². The molecule has 2 heterocycles. The Labute approximate surface area is 268 Å². The Kier molecular flexibility index (Phi) is 8.44. The highest BCUT2D eigenvalue weighted by Gasteiger charge is 2.18. The second kappa shape index (κ2) is 12.0. The lowest BCUT2D eigenvalue weighted by Gasteiger charge is -2.14. The van der Waals surface area contributed by atoms with Gasteiger partial charge in [-0.05, 0) is 60.7 Å². The Hall–Kier alpha value is -2.08. The van der Waals surface area contributed by atoms with Gasteiger partial charge in [-0.25, -0.2) is 4.98 Å². The van der Waals surface area contributed by atoms with E-state index in [4.69, 9.17) is 4.98 Å². The molecular weight excluding hydrogens is 784 g/mol. The average Bonchev–Trinajstić information content (AvgIpc) is 3.23. The van der Waals surface area contributed by atoms with Crippen LogP contribution in [0.1, 0.15) is 0 Å². The third-order valence-electron chi connectivity index (χ3n) is 6.45. The molecule has 40 heavy (non-hydrogen) atoms. The molecule has 10 heteroatoms. The van der Waals surface area contributed by atoms with Gasteiger partial charge in [-0.2, -0.15) is 0 Å². The number of nitrogens with zero attached hydrogens (tertiary/aromatic N) is 4. The van der Waals surface area contributed by atoms with Gasteiger partial charge in [-0.15, -0.1) is 10.2 Å². The highest BCUT2D eigenvalue weighted by Crippen LogP contribution is 2.35. The van der Waals surface area contributed by atoms with E-state index in [9.17, 15) is 5.11 Å². The van der Waals surface area contributed by atoms with Crippen LogP contribution < -0.4 is 0 Å². The summed E-state index contributed by atoms with van der Waals surface area (Å²) in [5.41, 5.74) is 5.45. The van der Waals surface area contributed by atoms with Crippen LogP contribution in [0.25, 0.3) is 44.3 Å². The minimum atomic E-state index is -0.626. The number of benzene rings is 4. The van der Waals surface area contributed by atoms with Gasteiger partial charge >= 0.3 is 0 Å². The van der Waals surface area contributed by atoms with E-state index in [0.29, 0.717) is 23.1 Å². The number of aromatic nitrogens is 4. The number of aliphatic hydroxyl groups excluding tert-OH is 1. The monoisotopic (exact) mass is 800 g/mol. The van der Waals surface area contributed by atoms with Crippen molar-refractivity contribution >= 4 is 97.3 Å². The lowest BCUT2D eigenvalue weighted by molar-refractivity contribution is 0.181.